The molecule has 3 atom stereocenters. The van der Waals surface area contributed by atoms with E-state index in [1.165, 1.54) is 6.42 Å². The average Bonchev–Trinajstić information content (AvgIpc) is 2.71. The molecule has 2 fully saturated rings. The minimum absolute atomic E-state index is 0.394. The molecule has 18 heavy (non-hydrogen) atoms. The minimum atomic E-state index is -0.628. The summed E-state index contributed by atoms with van der Waals surface area (Å²) in [5, 5.41) is 11.2. The van der Waals surface area contributed by atoms with Gasteiger partial charge < -0.3 is 10.0 Å². The van der Waals surface area contributed by atoms with Crippen LogP contribution < -0.4 is 0 Å². The normalized spacial score (nSPS) is 36.6. The van der Waals surface area contributed by atoms with Crippen LogP contribution in [0.15, 0.2) is 28.7 Å². The van der Waals surface area contributed by atoms with E-state index in [0.29, 0.717) is 11.8 Å². The van der Waals surface area contributed by atoms with Crippen LogP contribution in [0, 0.1) is 11.8 Å². The Balaban J connectivity index is 1.97. The highest BCUT2D eigenvalue weighted by Gasteiger charge is 2.48. The Morgan fingerprint density at radius 3 is 3.00 bits per heavy atom. The molecule has 0 spiro atoms. The van der Waals surface area contributed by atoms with Gasteiger partial charge in [0.15, 0.2) is 0 Å². The number of likely N-dealkylation sites (tertiary alicyclic amines) is 1. The third-order valence-electron chi connectivity index (χ3n) is 4.69. The molecule has 1 aliphatic heterocycles. The van der Waals surface area contributed by atoms with Gasteiger partial charge >= 0.3 is 0 Å². The second-order valence-electron chi connectivity index (χ2n) is 5.91. The molecule has 3 heteroatoms. The van der Waals surface area contributed by atoms with Crippen molar-refractivity contribution in [1.82, 2.24) is 4.90 Å². The zero-order valence-corrected chi connectivity index (χ0v) is 12.4. The Kier molecular flexibility index (Phi) is 3.25. The highest BCUT2D eigenvalue weighted by molar-refractivity contribution is 9.10. The van der Waals surface area contributed by atoms with Crippen molar-refractivity contribution in [2.24, 2.45) is 11.8 Å². The molecule has 3 rings (SSSR count). The molecule has 0 radical (unpaired) electrons. The van der Waals surface area contributed by atoms with Crippen molar-refractivity contribution in [2.45, 2.75) is 24.9 Å². The second kappa shape index (κ2) is 4.62. The summed E-state index contributed by atoms with van der Waals surface area (Å²) < 4.78 is 1.06. The van der Waals surface area contributed by atoms with Crippen LogP contribution in [0.25, 0.3) is 0 Å². The van der Waals surface area contributed by atoms with E-state index < -0.39 is 5.60 Å². The van der Waals surface area contributed by atoms with Crippen LogP contribution in [0.4, 0.5) is 0 Å². The van der Waals surface area contributed by atoms with E-state index in [1.807, 2.05) is 12.1 Å². The van der Waals surface area contributed by atoms with Gasteiger partial charge in [0, 0.05) is 23.5 Å². The van der Waals surface area contributed by atoms with Crippen molar-refractivity contribution in [2.75, 3.05) is 20.1 Å². The fraction of sp³-hybridized carbons (Fsp3) is 0.600. The standard InChI is InChI=1S/C15H20BrNO/c1-17-9-11-4-3-7-15(18,14(11)10-17)12-5-2-6-13(16)8-12/h2,5-6,8,11,14,18H,3-4,7,9-10H2,1H3/t11-,14-,15+/m1/s1. The molecular formula is C15H20BrNO. The molecule has 98 valence electrons. The Hall–Kier alpha value is -0.380. The largest absolute Gasteiger partial charge is 0.385 e. The third kappa shape index (κ3) is 2.02. The lowest BCUT2D eigenvalue weighted by Crippen LogP contribution is -2.42. The first-order valence-electron chi connectivity index (χ1n) is 6.76. The van der Waals surface area contributed by atoms with Crippen molar-refractivity contribution < 1.29 is 5.11 Å². The van der Waals surface area contributed by atoms with Crippen molar-refractivity contribution in [3.63, 3.8) is 0 Å². The summed E-state index contributed by atoms with van der Waals surface area (Å²) in [6.07, 6.45) is 3.31. The zero-order valence-electron chi connectivity index (χ0n) is 10.8. The first kappa shape index (κ1) is 12.6. The van der Waals surface area contributed by atoms with Gasteiger partial charge in [0.2, 0.25) is 0 Å². The molecule has 1 N–H and O–H groups in total. The molecule has 2 aliphatic rings. The van der Waals surface area contributed by atoms with Crippen LogP contribution in [-0.2, 0) is 5.60 Å². The summed E-state index contributed by atoms with van der Waals surface area (Å²) in [6.45, 7) is 2.16. The molecular weight excluding hydrogens is 290 g/mol. The summed E-state index contributed by atoms with van der Waals surface area (Å²) in [6, 6.07) is 8.21. The Morgan fingerprint density at radius 2 is 2.22 bits per heavy atom. The number of hydrogen-bond acceptors (Lipinski definition) is 2. The number of nitrogens with zero attached hydrogens (tertiary/aromatic N) is 1. The lowest BCUT2D eigenvalue weighted by atomic mass is 9.67. The zero-order chi connectivity index (χ0) is 12.8. The second-order valence-corrected chi connectivity index (χ2v) is 6.83. The predicted octanol–water partition coefficient (Wildman–Crippen LogP) is 3.00. The molecule has 1 saturated carbocycles. The van der Waals surface area contributed by atoms with Crippen LogP contribution in [0.1, 0.15) is 24.8 Å². The number of benzene rings is 1. The average molecular weight is 310 g/mol. The van der Waals surface area contributed by atoms with Gasteiger partial charge in [-0.05, 0) is 49.9 Å². The topological polar surface area (TPSA) is 23.5 Å². The van der Waals surface area contributed by atoms with Crippen LogP contribution in [0.2, 0.25) is 0 Å². The molecule has 0 unspecified atom stereocenters. The fourth-order valence-electron chi connectivity index (χ4n) is 3.86. The molecule has 1 aliphatic carbocycles. The summed E-state index contributed by atoms with van der Waals surface area (Å²) in [5.41, 5.74) is 0.458. The summed E-state index contributed by atoms with van der Waals surface area (Å²) in [7, 11) is 2.17. The monoisotopic (exact) mass is 309 g/mol. The smallest absolute Gasteiger partial charge is 0.0940 e. The van der Waals surface area contributed by atoms with Gasteiger partial charge in [-0.15, -0.1) is 0 Å². The van der Waals surface area contributed by atoms with Crippen molar-refractivity contribution in [3.05, 3.63) is 34.3 Å². The summed E-state index contributed by atoms with van der Waals surface area (Å²) in [4.78, 5) is 2.36. The molecule has 0 aromatic heterocycles. The van der Waals surface area contributed by atoms with E-state index in [0.717, 1.165) is 36.0 Å². The van der Waals surface area contributed by atoms with Gasteiger partial charge in [-0.3, -0.25) is 0 Å². The van der Waals surface area contributed by atoms with Gasteiger partial charge in [-0.2, -0.15) is 0 Å². The molecule has 1 aromatic carbocycles. The van der Waals surface area contributed by atoms with Crippen molar-refractivity contribution in [3.8, 4) is 0 Å². The SMILES string of the molecule is CN1C[C@H]2CCC[C@](O)(c3cccc(Br)c3)[C@@H]2C1. The Bertz CT molecular complexity index is 450. The van der Waals surface area contributed by atoms with Crippen LogP contribution in [-0.4, -0.2) is 30.1 Å². The van der Waals surface area contributed by atoms with Crippen LogP contribution >= 0.6 is 15.9 Å². The van der Waals surface area contributed by atoms with E-state index in [4.69, 9.17) is 0 Å². The molecule has 1 heterocycles. The highest BCUT2D eigenvalue weighted by Crippen LogP contribution is 2.48. The molecule has 1 aromatic rings. The fourth-order valence-corrected chi connectivity index (χ4v) is 4.25. The van der Waals surface area contributed by atoms with Gasteiger partial charge in [0.05, 0.1) is 5.60 Å². The Morgan fingerprint density at radius 1 is 1.39 bits per heavy atom. The van der Waals surface area contributed by atoms with E-state index in [9.17, 15) is 5.11 Å². The maximum atomic E-state index is 11.2. The van der Waals surface area contributed by atoms with Gasteiger partial charge in [-0.1, -0.05) is 28.1 Å². The van der Waals surface area contributed by atoms with Crippen LogP contribution in [0.3, 0.4) is 0 Å². The van der Waals surface area contributed by atoms with Crippen molar-refractivity contribution in [1.29, 1.82) is 0 Å². The van der Waals surface area contributed by atoms with Crippen LogP contribution in [0.5, 0.6) is 0 Å². The first-order valence-corrected chi connectivity index (χ1v) is 7.56. The maximum Gasteiger partial charge on any atom is 0.0940 e. The van der Waals surface area contributed by atoms with Crippen molar-refractivity contribution >= 4 is 15.9 Å². The van der Waals surface area contributed by atoms with Gasteiger partial charge in [0.1, 0.15) is 0 Å². The molecule has 0 bridgehead atoms. The number of fused-ring (bicyclic) bond motifs is 1. The van der Waals surface area contributed by atoms with Gasteiger partial charge in [-0.25, -0.2) is 0 Å². The number of aliphatic hydroxyl groups is 1. The molecule has 1 saturated heterocycles. The quantitative estimate of drug-likeness (QED) is 0.862. The molecule has 0 amide bonds. The van der Waals surface area contributed by atoms with E-state index in [-0.39, 0.29) is 0 Å². The van der Waals surface area contributed by atoms with E-state index in [2.05, 4.69) is 40.0 Å². The number of hydrogen-bond donors (Lipinski definition) is 1. The highest BCUT2D eigenvalue weighted by atomic mass is 79.9. The molecule has 2 nitrogen and oxygen atoms in total. The third-order valence-corrected chi connectivity index (χ3v) is 5.19. The Labute approximate surface area is 117 Å². The predicted molar refractivity (Wildman–Crippen MR) is 76.4 cm³/mol. The first-order chi connectivity index (χ1) is 8.59. The summed E-state index contributed by atoms with van der Waals surface area (Å²) >= 11 is 3.52. The van der Waals surface area contributed by atoms with E-state index >= 15 is 0 Å². The minimum Gasteiger partial charge on any atom is -0.385 e. The number of halogens is 1. The van der Waals surface area contributed by atoms with Gasteiger partial charge in [0.25, 0.3) is 0 Å². The lowest BCUT2D eigenvalue weighted by Gasteiger charge is -2.41. The number of rotatable bonds is 1. The maximum absolute atomic E-state index is 11.2. The summed E-state index contributed by atoms with van der Waals surface area (Å²) in [5.74, 6) is 1.05. The lowest BCUT2D eigenvalue weighted by molar-refractivity contribution is -0.0645. The van der Waals surface area contributed by atoms with E-state index in [1.54, 1.807) is 0 Å².